The summed E-state index contributed by atoms with van der Waals surface area (Å²) in [5, 5.41) is 0. The quantitative estimate of drug-likeness (QED) is 0.863. The SMILES string of the molecule is Cc1ccc(CS(=O)(=O)NCC2CC(=O)N(c3ccccc3)C2)cc1. The molecular weight excluding hydrogens is 336 g/mol. The monoisotopic (exact) mass is 358 g/mol. The average molecular weight is 358 g/mol. The van der Waals surface area contributed by atoms with E-state index in [1.165, 1.54) is 0 Å². The highest BCUT2D eigenvalue weighted by Crippen LogP contribution is 2.24. The molecule has 1 saturated heterocycles. The number of carbonyl (C=O) groups excluding carboxylic acids is 1. The Labute approximate surface area is 148 Å². The maximum absolute atomic E-state index is 12.3. The van der Waals surface area contributed by atoms with Gasteiger partial charge in [0.25, 0.3) is 0 Å². The maximum atomic E-state index is 12.3. The van der Waals surface area contributed by atoms with Gasteiger partial charge in [0.15, 0.2) is 0 Å². The van der Waals surface area contributed by atoms with Crippen LogP contribution in [0, 0.1) is 12.8 Å². The van der Waals surface area contributed by atoms with E-state index in [2.05, 4.69) is 4.72 Å². The van der Waals surface area contributed by atoms with Gasteiger partial charge in [-0.05, 0) is 30.5 Å². The molecule has 2 aromatic carbocycles. The number of nitrogens with one attached hydrogen (secondary N) is 1. The van der Waals surface area contributed by atoms with E-state index in [1.807, 2.05) is 61.5 Å². The first-order valence-electron chi connectivity index (χ1n) is 8.31. The van der Waals surface area contributed by atoms with Gasteiger partial charge in [0.05, 0.1) is 5.75 Å². The highest BCUT2D eigenvalue weighted by molar-refractivity contribution is 7.88. The fourth-order valence-electron chi connectivity index (χ4n) is 2.98. The molecule has 1 N–H and O–H groups in total. The van der Waals surface area contributed by atoms with E-state index in [4.69, 9.17) is 0 Å². The molecule has 0 spiro atoms. The number of hydrogen-bond acceptors (Lipinski definition) is 3. The van der Waals surface area contributed by atoms with E-state index in [9.17, 15) is 13.2 Å². The zero-order valence-electron chi connectivity index (χ0n) is 14.2. The second-order valence-electron chi connectivity index (χ2n) is 6.50. The van der Waals surface area contributed by atoms with Gasteiger partial charge < -0.3 is 4.90 Å². The van der Waals surface area contributed by atoms with Gasteiger partial charge in [-0.25, -0.2) is 13.1 Å². The number of carbonyl (C=O) groups is 1. The molecule has 1 aliphatic heterocycles. The summed E-state index contributed by atoms with van der Waals surface area (Å²) in [5.41, 5.74) is 2.71. The smallest absolute Gasteiger partial charge is 0.227 e. The van der Waals surface area contributed by atoms with Crippen molar-refractivity contribution in [3.8, 4) is 0 Å². The van der Waals surface area contributed by atoms with Crippen molar-refractivity contribution in [2.24, 2.45) is 5.92 Å². The highest BCUT2D eigenvalue weighted by Gasteiger charge is 2.31. The lowest BCUT2D eigenvalue weighted by Gasteiger charge is -2.17. The molecule has 1 aliphatic rings. The number of sulfonamides is 1. The summed E-state index contributed by atoms with van der Waals surface area (Å²) in [6, 6.07) is 16.9. The van der Waals surface area contributed by atoms with Gasteiger partial charge in [0, 0.05) is 25.2 Å². The van der Waals surface area contributed by atoms with Gasteiger partial charge in [-0.2, -0.15) is 0 Å². The van der Waals surface area contributed by atoms with E-state index in [0.717, 1.165) is 16.8 Å². The summed E-state index contributed by atoms with van der Waals surface area (Å²) in [6.07, 6.45) is 0.363. The van der Waals surface area contributed by atoms with Crippen molar-refractivity contribution in [3.63, 3.8) is 0 Å². The summed E-state index contributed by atoms with van der Waals surface area (Å²) in [6.45, 7) is 2.78. The van der Waals surface area contributed by atoms with E-state index in [0.29, 0.717) is 13.0 Å². The van der Waals surface area contributed by atoms with Crippen molar-refractivity contribution in [2.75, 3.05) is 18.0 Å². The molecule has 1 amide bonds. The molecule has 0 aromatic heterocycles. The zero-order chi connectivity index (χ0) is 17.9. The van der Waals surface area contributed by atoms with Gasteiger partial charge >= 0.3 is 0 Å². The van der Waals surface area contributed by atoms with E-state index in [-0.39, 0.29) is 24.1 Å². The first kappa shape index (κ1) is 17.6. The van der Waals surface area contributed by atoms with Crippen molar-refractivity contribution in [1.29, 1.82) is 0 Å². The molecule has 0 bridgehead atoms. The second-order valence-corrected chi connectivity index (χ2v) is 8.31. The lowest BCUT2D eigenvalue weighted by molar-refractivity contribution is -0.117. The Hall–Kier alpha value is -2.18. The Balaban J connectivity index is 1.56. The third kappa shape index (κ3) is 4.67. The molecule has 5 nitrogen and oxygen atoms in total. The summed E-state index contributed by atoms with van der Waals surface area (Å²) in [7, 11) is -3.41. The largest absolute Gasteiger partial charge is 0.312 e. The second kappa shape index (κ2) is 7.37. The van der Waals surface area contributed by atoms with E-state index in [1.54, 1.807) is 4.90 Å². The number of aryl methyl sites for hydroxylation is 1. The van der Waals surface area contributed by atoms with Crippen molar-refractivity contribution in [2.45, 2.75) is 19.1 Å². The van der Waals surface area contributed by atoms with E-state index >= 15 is 0 Å². The van der Waals surface area contributed by atoms with Crippen LogP contribution in [0.25, 0.3) is 0 Å². The van der Waals surface area contributed by atoms with Crippen LogP contribution in [0.4, 0.5) is 5.69 Å². The third-order valence-corrected chi connectivity index (χ3v) is 5.66. The van der Waals surface area contributed by atoms with Gasteiger partial charge in [-0.15, -0.1) is 0 Å². The Morgan fingerprint density at radius 3 is 2.44 bits per heavy atom. The van der Waals surface area contributed by atoms with Gasteiger partial charge in [-0.1, -0.05) is 48.0 Å². The number of hydrogen-bond donors (Lipinski definition) is 1. The van der Waals surface area contributed by atoms with Crippen molar-refractivity contribution in [1.82, 2.24) is 4.72 Å². The molecule has 0 radical (unpaired) electrons. The number of amides is 1. The van der Waals surface area contributed by atoms with Gasteiger partial charge in [0.2, 0.25) is 15.9 Å². The summed E-state index contributed by atoms with van der Waals surface area (Å²) in [4.78, 5) is 13.9. The molecule has 1 atom stereocenters. The molecule has 6 heteroatoms. The van der Waals surface area contributed by atoms with E-state index < -0.39 is 10.0 Å². The predicted molar refractivity (Wildman–Crippen MR) is 98.7 cm³/mol. The minimum atomic E-state index is -3.41. The fraction of sp³-hybridized carbons (Fsp3) is 0.316. The van der Waals surface area contributed by atoms with Crippen LogP contribution in [0.15, 0.2) is 54.6 Å². The standard InChI is InChI=1S/C19H22N2O3S/c1-15-7-9-16(10-8-15)14-25(23,24)20-12-17-11-19(22)21(13-17)18-5-3-2-4-6-18/h2-10,17,20H,11-14H2,1H3. The maximum Gasteiger partial charge on any atom is 0.227 e. The van der Waals surface area contributed by atoms with Crippen LogP contribution in [-0.2, 0) is 20.6 Å². The van der Waals surface area contributed by atoms with Crippen molar-refractivity contribution in [3.05, 3.63) is 65.7 Å². The summed E-state index contributed by atoms with van der Waals surface area (Å²) < 4.78 is 27.2. The lowest BCUT2D eigenvalue weighted by Crippen LogP contribution is -2.32. The van der Waals surface area contributed by atoms with Crippen LogP contribution in [0.1, 0.15) is 17.5 Å². The van der Waals surface area contributed by atoms with Crippen molar-refractivity contribution >= 4 is 21.6 Å². The molecule has 1 unspecified atom stereocenters. The average Bonchev–Trinajstić information content (AvgIpc) is 2.97. The molecule has 0 saturated carbocycles. The number of benzene rings is 2. The number of nitrogens with zero attached hydrogens (tertiary/aromatic N) is 1. The molecule has 132 valence electrons. The van der Waals surface area contributed by atoms with Crippen LogP contribution < -0.4 is 9.62 Å². The summed E-state index contributed by atoms with van der Waals surface area (Å²) >= 11 is 0. The molecule has 2 aromatic rings. The minimum Gasteiger partial charge on any atom is -0.312 e. The first-order valence-corrected chi connectivity index (χ1v) is 9.96. The molecule has 3 rings (SSSR count). The summed E-state index contributed by atoms with van der Waals surface area (Å²) in [5.74, 6) is -0.0227. The Bertz CT molecular complexity index is 833. The molecular formula is C19H22N2O3S. The Morgan fingerprint density at radius 2 is 1.76 bits per heavy atom. The number of rotatable bonds is 6. The van der Waals surface area contributed by atoms with Crippen LogP contribution >= 0.6 is 0 Å². The Morgan fingerprint density at radius 1 is 1.08 bits per heavy atom. The third-order valence-electron chi connectivity index (χ3n) is 4.34. The van der Waals surface area contributed by atoms with Crippen LogP contribution in [0.2, 0.25) is 0 Å². The molecule has 1 heterocycles. The normalized spacial score (nSPS) is 17.9. The van der Waals surface area contributed by atoms with Crippen molar-refractivity contribution < 1.29 is 13.2 Å². The van der Waals surface area contributed by atoms with Crippen LogP contribution in [0.5, 0.6) is 0 Å². The number of para-hydroxylation sites is 1. The zero-order valence-corrected chi connectivity index (χ0v) is 15.0. The lowest BCUT2D eigenvalue weighted by atomic mass is 10.1. The minimum absolute atomic E-state index is 0.0134. The molecule has 1 fully saturated rings. The topological polar surface area (TPSA) is 66.5 Å². The van der Waals surface area contributed by atoms with Crippen LogP contribution in [0.3, 0.4) is 0 Å². The Kier molecular flexibility index (Phi) is 5.20. The molecule has 25 heavy (non-hydrogen) atoms. The van der Waals surface area contributed by atoms with Crippen LogP contribution in [-0.4, -0.2) is 27.4 Å². The predicted octanol–water partition coefficient (Wildman–Crippen LogP) is 2.47. The molecule has 0 aliphatic carbocycles. The first-order chi connectivity index (χ1) is 11.9. The highest BCUT2D eigenvalue weighted by atomic mass is 32.2. The van der Waals surface area contributed by atoms with Gasteiger partial charge in [-0.3, -0.25) is 4.79 Å². The van der Waals surface area contributed by atoms with Gasteiger partial charge in [0.1, 0.15) is 0 Å². The fourth-order valence-corrected chi connectivity index (χ4v) is 4.20. The number of anilines is 1.